The number of aryl methyl sites for hydroxylation is 1. The highest BCUT2D eigenvalue weighted by atomic mass is 16.5. The monoisotopic (exact) mass is 539 g/mol. The van der Waals surface area contributed by atoms with Gasteiger partial charge < -0.3 is 20.3 Å². The Hall–Kier alpha value is -4.72. The van der Waals surface area contributed by atoms with Gasteiger partial charge in [-0.1, -0.05) is 74.7 Å². The SMILES string of the molecule is CCCCCCc1cc(-c2nc(NC(=O)c3ccccc3)c(C(=O)OCC)nc2-c2ccccc2)c(O)cc1O. The van der Waals surface area contributed by atoms with Crippen molar-refractivity contribution in [3.63, 3.8) is 0 Å². The van der Waals surface area contributed by atoms with Gasteiger partial charge in [-0.25, -0.2) is 14.8 Å². The second-order valence-electron chi connectivity index (χ2n) is 9.33. The van der Waals surface area contributed by atoms with E-state index in [4.69, 9.17) is 9.72 Å². The highest BCUT2D eigenvalue weighted by Gasteiger charge is 2.25. The Morgan fingerprint density at radius 1 is 0.825 bits per heavy atom. The summed E-state index contributed by atoms with van der Waals surface area (Å²) < 4.78 is 5.24. The lowest BCUT2D eigenvalue weighted by atomic mass is 9.97. The van der Waals surface area contributed by atoms with Crippen molar-refractivity contribution in [2.75, 3.05) is 11.9 Å². The number of phenols is 2. The molecule has 40 heavy (non-hydrogen) atoms. The van der Waals surface area contributed by atoms with Crippen LogP contribution in [0.25, 0.3) is 22.5 Å². The Morgan fingerprint density at radius 3 is 2.20 bits per heavy atom. The normalized spacial score (nSPS) is 10.8. The molecule has 3 aromatic carbocycles. The zero-order chi connectivity index (χ0) is 28.5. The molecule has 3 N–H and O–H groups in total. The number of hydrogen-bond acceptors (Lipinski definition) is 7. The van der Waals surface area contributed by atoms with E-state index in [0.29, 0.717) is 34.4 Å². The molecule has 0 aliphatic heterocycles. The number of hydrogen-bond donors (Lipinski definition) is 3. The number of phenolic OH excluding ortho intramolecular Hbond substituents is 2. The third-order valence-corrected chi connectivity index (χ3v) is 6.43. The van der Waals surface area contributed by atoms with Crippen molar-refractivity contribution in [1.29, 1.82) is 0 Å². The molecule has 0 radical (unpaired) electrons. The zero-order valence-corrected chi connectivity index (χ0v) is 22.7. The van der Waals surface area contributed by atoms with Crippen molar-refractivity contribution >= 4 is 17.7 Å². The summed E-state index contributed by atoms with van der Waals surface area (Å²) >= 11 is 0. The van der Waals surface area contributed by atoms with Crippen LogP contribution in [0.2, 0.25) is 0 Å². The number of amides is 1. The lowest BCUT2D eigenvalue weighted by molar-refractivity contribution is 0.0520. The van der Waals surface area contributed by atoms with Crippen LogP contribution >= 0.6 is 0 Å². The van der Waals surface area contributed by atoms with Gasteiger partial charge in [0.2, 0.25) is 0 Å². The van der Waals surface area contributed by atoms with E-state index in [1.807, 2.05) is 30.3 Å². The molecule has 1 aromatic heterocycles. The van der Waals surface area contributed by atoms with Gasteiger partial charge in [-0.2, -0.15) is 0 Å². The summed E-state index contributed by atoms with van der Waals surface area (Å²) in [7, 11) is 0. The minimum absolute atomic E-state index is 0.00674. The summed E-state index contributed by atoms with van der Waals surface area (Å²) in [5, 5.41) is 24.2. The minimum Gasteiger partial charge on any atom is -0.508 e. The number of ether oxygens (including phenoxy) is 1. The van der Waals surface area contributed by atoms with Crippen LogP contribution in [0.15, 0.2) is 72.8 Å². The van der Waals surface area contributed by atoms with Crippen molar-refractivity contribution in [3.05, 3.63) is 89.6 Å². The van der Waals surface area contributed by atoms with Gasteiger partial charge in [0.05, 0.1) is 12.3 Å². The lowest BCUT2D eigenvalue weighted by Crippen LogP contribution is -2.19. The molecule has 4 aromatic rings. The predicted molar refractivity (Wildman–Crippen MR) is 154 cm³/mol. The maximum atomic E-state index is 13.1. The number of anilines is 1. The van der Waals surface area contributed by atoms with E-state index < -0.39 is 11.9 Å². The number of aromatic hydroxyl groups is 2. The van der Waals surface area contributed by atoms with E-state index in [2.05, 4.69) is 17.2 Å². The van der Waals surface area contributed by atoms with Gasteiger partial charge in [0.25, 0.3) is 5.91 Å². The maximum absolute atomic E-state index is 13.1. The predicted octanol–water partition coefficient (Wildman–Crippen LogP) is 6.77. The average Bonchev–Trinajstić information content (AvgIpc) is 2.97. The van der Waals surface area contributed by atoms with Crippen molar-refractivity contribution in [2.45, 2.75) is 46.0 Å². The molecule has 4 rings (SSSR count). The highest BCUT2D eigenvalue weighted by Crippen LogP contribution is 2.40. The smallest absolute Gasteiger partial charge is 0.360 e. The summed E-state index contributed by atoms with van der Waals surface area (Å²) in [5.41, 5.74) is 2.40. The molecule has 0 aliphatic carbocycles. The summed E-state index contributed by atoms with van der Waals surface area (Å²) in [4.78, 5) is 35.4. The number of carbonyl (C=O) groups excluding carboxylic acids is 2. The summed E-state index contributed by atoms with van der Waals surface area (Å²) in [6.45, 7) is 3.92. The second-order valence-corrected chi connectivity index (χ2v) is 9.33. The van der Waals surface area contributed by atoms with E-state index in [-0.39, 0.29) is 35.3 Å². The van der Waals surface area contributed by atoms with Crippen molar-refractivity contribution in [2.24, 2.45) is 0 Å². The van der Waals surface area contributed by atoms with Gasteiger partial charge in [-0.05, 0) is 43.5 Å². The number of nitrogens with one attached hydrogen (secondary N) is 1. The Bertz CT molecular complexity index is 1470. The Labute approximate surface area is 233 Å². The molecular weight excluding hydrogens is 506 g/mol. The van der Waals surface area contributed by atoms with Crippen LogP contribution in [-0.2, 0) is 11.2 Å². The number of esters is 1. The molecule has 1 amide bonds. The molecule has 206 valence electrons. The fourth-order valence-electron chi connectivity index (χ4n) is 4.37. The third-order valence-electron chi connectivity index (χ3n) is 6.43. The molecule has 8 heteroatoms. The van der Waals surface area contributed by atoms with Crippen LogP contribution in [0.5, 0.6) is 11.5 Å². The quantitative estimate of drug-likeness (QED) is 0.142. The van der Waals surface area contributed by atoms with E-state index in [1.165, 1.54) is 6.07 Å². The average molecular weight is 540 g/mol. The van der Waals surface area contributed by atoms with Crippen LogP contribution in [0, 0.1) is 0 Å². The topological polar surface area (TPSA) is 122 Å². The molecule has 0 fully saturated rings. The molecule has 0 bridgehead atoms. The van der Waals surface area contributed by atoms with Crippen LogP contribution in [-0.4, -0.2) is 38.7 Å². The molecule has 0 aliphatic rings. The molecule has 0 spiro atoms. The van der Waals surface area contributed by atoms with Gasteiger partial charge >= 0.3 is 5.97 Å². The van der Waals surface area contributed by atoms with E-state index >= 15 is 0 Å². The fourth-order valence-corrected chi connectivity index (χ4v) is 4.37. The zero-order valence-electron chi connectivity index (χ0n) is 22.7. The standard InChI is InChI=1S/C32H33N3O5/c1-3-5-6-9-18-23-19-24(26(37)20-25(23)36)28-27(21-14-10-7-11-15-21)33-29(32(39)40-4-2)30(34-28)35-31(38)22-16-12-8-13-17-22/h7-8,10-17,19-20,36-37H,3-6,9,18H2,1-2H3,(H,34,35,38). The molecule has 0 unspecified atom stereocenters. The first-order chi connectivity index (χ1) is 19.4. The molecule has 0 atom stereocenters. The Balaban J connectivity index is 1.90. The summed E-state index contributed by atoms with van der Waals surface area (Å²) in [6, 6.07) is 20.7. The van der Waals surface area contributed by atoms with E-state index in [1.54, 1.807) is 43.3 Å². The minimum atomic E-state index is -0.742. The van der Waals surface area contributed by atoms with Crippen LogP contribution < -0.4 is 5.32 Å². The molecule has 0 saturated carbocycles. The maximum Gasteiger partial charge on any atom is 0.360 e. The van der Waals surface area contributed by atoms with Gasteiger partial charge in [0, 0.05) is 22.8 Å². The first-order valence-corrected chi connectivity index (χ1v) is 13.5. The number of benzene rings is 3. The molecule has 0 saturated heterocycles. The van der Waals surface area contributed by atoms with E-state index in [0.717, 1.165) is 25.7 Å². The summed E-state index contributed by atoms with van der Waals surface area (Å²) in [5.74, 6) is -1.53. The Kier molecular flexibility index (Phi) is 9.46. The Morgan fingerprint density at radius 2 is 1.52 bits per heavy atom. The third kappa shape index (κ3) is 6.64. The first kappa shape index (κ1) is 28.3. The number of unbranched alkanes of at least 4 members (excludes halogenated alkanes) is 3. The fraction of sp³-hybridized carbons (Fsp3) is 0.250. The number of aromatic nitrogens is 2. The van der Waals surface area contributed by atoms with Crippen molar-refractivity contribution in [1.82, 2.24) is 9.97 Å². The second kappa shape index (κ2) is 13.4. The van der Waals surface area contributed by atoms with E-state index in [9.17, 15) is 19.8 Å². The lowest BCUT2D eigenvalue weighted by Gasteiger charge is -2.17. The van der Waals surface area contributed by atoms with Gasteiger partial charge in [-0.15, -0.1) is 0 Å². The highest BCUT2D eigenvalue weighted by molar-refractivity contribution is 6.07. The molecular formula is C32H33N3O5. The molecule has 8 nitrogen and oxygen atoms in total. The first-order valence-electron chi connectivity index (χ1n) is 13.5. The summed E-state index contributed by atoms with van der Waals surface area (Å²) in [6.07, 6.45) is 4.70. The van der Waals surface area contributed by atoms with Crippen molar-refractivity contribution < 1.29 is 24.5 Å². The van der Waals surface area contributed by atoms with Gasteiger partial charge in [0.15, 0.2) is 11.5 Å². The largest absolute Gasteiger partial charge is 0.508 e. The van der Waals surface area contributed by atoms with Crippen LogP contribution in [0.4, 0.5) is 5.82 Å². The number of rotatable bonds is 11. The van der Waals surface area contributed by atoms with Gasteiger partial charge in [-0.3, -0.25) is 4.79 Å². The number of carbonyl (C=O) groups is 2. The van der Waals surface area contributed by atoms with Gasteiger partial charge in [0.1, 0.15) is 17.2 Å². The van der Waals surface area contributed by atoms with Crippen molar-refractivity contribution in [3.8, 4) is 34.0 Å². The molecule has 1 heterocycles. The van der Waals surface area contributed by atoms with Crippen LogP contribution in [0.1, 0.15) is 65.9 Å². The number of nitrogens with zero attached hydrogens (tertiary/aromatic N) is 2. The van der Waals surface area contributed by atoms with Crippen LogP contribution in [0.3, 0.4) is 0 Å².